The maximum absolute atomic E-state index is 12.8. The van der Waals surface area contributed by atoms with Gasteiger partial charge >= 0.3 is 0 Å². The third kappa shape index (κ3) is 4.66. The molecule has 2 aliphatic rings. The van der Waals surface area contributed by atoms with Crippen LogP contribution in [0.1, 0.15) is 42.0 Å². The number of H-pyrrole nitrogens is 1. The number of likely N-dealkylation sites (tertiary alicyclic amines) is 1. The summed E-state index contributed by atoms with van der Waals surface area (Å²) in [5.74, 6) is 1.89. The van der Waals surface area contributed by atoms with Crippen molar-refractivity contribution in [2.24, 2.45) is 0 Å². The van der Waals surface area contributed by atoms with Crippen LogP contribution in [0.4, 0.5) is 5.82 Å². The lowest BCUT2D eigenvalue weighted by molar-refractivity contribution is -0.132. The van der Waals surface area contributed by atoms with E-state index in [0.717, 1.165) is 78.4 Å². The fourth-order valence-corrected chi connectivity index (χ4v) is 4.77. The first kappa shape index (κ1) is 21.7. The predicted octanol–water partition coefficient (Wildman–Crippen LogP) is 3.56. The Labute approximate surface area is 193 Å². The molecule has 0 unspecified atom stereocenters. The second-order valence-corrected chi connectivity index (χ2v) is 9.07. The molecule has 2 fully saturated rings. The number of ether oxygens (including phenoxy) is 2. The molecular weight excluding hydrogens is 418 g/mol. The highest BCUT2D eigenvalue weighted by Gasteiger charge is 2.29. The molecule has 33 heavy (non-hydrogen) atoms. The van der Waals surface area contributed by atoms with Crippen LogP contribution in [0.15, 0.2) is 30.3 Å². The van der Waals surface area contributed by atoms with Crippen LogP contribution >= 0.6 is 0 Å². The van der Waals surface area contributed by atoms with E-state index in [1.54, 1.807) is 0 Å². The fourth-order valence-electron chi connectivity index (χ4n) is 4.77. The molecule has 5 rings (SSSR count). The van der Waals surface area contributed by atoms with E-state index in [4.69, 9.17) is 14.5 Å². The molecule has 0 spiro atoms. The quantitative estimate of drug-likeness (QED) is 0.598. The minimum atomic E-state index is 0.0192. The van der Waals surface area contributed by atoms with Crippen LogP contribution in [0, 0.1) is 13.8 Å². The highest BCUT2D eigenvalue weighted by atomic mass is 16.5. The van der Waals surface area contributed by atoms with Crippen molar-refractivity contribution < 1.29 is 14.3 Å². The van der Waals surface area contributed by atoms with Crippen LogP contribution in [0.2, 0.25) is 0 Å². The fraction of sp³-hybridized carbons (Fsp3) is 0.480. The maximum Gasteiger partial charge on any atom is 0.260 e. The summed E-state index contributed by atoms with van der Waals surface area (Å²) in [5, 5.41) is 12.0. The third-order valence-corrected chi connectivity index (χ3v) is 6.72. The zero-order valence-electron chi connectivity index (χ0n) is 19.3. The average Bonchev–Trinajstić information content (AvgIpc) is 3.47. The third-order valence-electron chi connectivity index (χ3n) is 6.72. The first-order valence-electron chi connectivity index (χ1n) is 11.7. The summed E-state index contributed by atoms with van der Waals surface area (Å²) in [4.78, 5) is 19.5. The number of anilines is 1. The number of rotatable bonds is 6. The molecule has 3 aromatic rings. The molecule has 4 heterocycles. The van der Waals surface area contributed by atoms with Gasteiger partial charge in [0, 0.05) is 44.0 Å². The SMILES string of the molecule is Cc1cccc(C)c1OCC(=O)N1CC[C@H](c2ccc3c(NC4CCOCC4)n[nH]c3n2)C1. The summed E-state index contributed by atoms with van der Waals surface area (Å²) in [6.07, 6.45) is 2.87. The van der Waals surface area contributed by atoms with E-state index >= 15 is 0 Å². The summed E-state index contributed by atoms with van der Waals surface area (Å²) in [5.41, 5.74) is 3.87. The van der Waals surface area contributed by atoms with Gasteiger partial charge in [0.15, 0.2) is 18.1 Å². The number of carbonyl (C=O) groups excluding carboxylic acids is 1. The van der Waals surface area contributed by atoms with Gasteiger partial charge in [0.1, 0.15) is 5.75 Å². The van der Waals surface area contributed by atoms with Gasteiger partial charge < -0.3 is 19.7 Å². The van der Waals surface area contributed by atoms with E-state index in [1.165, 1.54) is 0 Å². The zero-order chi connectivity index (χ0) is 22.8. The van der Waals surface area contributed by atoms with Crippen LogP contribution in [0.25, 0.3) is 11.0 Å². The second-order valence-electron chi connectivity index (χ2n) is 9.07. The summed E-state index contributed by atoms with van der Waals surface area (Å²) >= 11 is 0. The van der Waals surface area contributed by atoms with Crippen LogP contribution in [-0.2, 0) is 9.53 Å². The van der Waals surface area contributed by atoms with Gasteiger partial charge in [-0.3, -0.25) is 9.89 Å². The van der Waals surface area contributed by atoms with E-state index in [2.05, 4.69) is 27.6 Å². The number of carbonyl (C=O) groups is 1. The number of pyridine rings is 1. The molecule has 8 nitrogen and oxygen atoms in total. The summed E-state index contributed by atoms with van der Waals surface area (Å²) in [6.45, 7) is 7.02. The summed E-state index contributed by atoms with van der Waals surface area (Å²) < 4.78 is 11.3. The van der Waals surface area contributed by atoms with Gasteiger partial charge in [-0.2, -0.15) is 5.10 Å². The molecule has 2 aliphatic heterocycles. The molecule has 174 valence electrons. The van der Waals surface area contributed by atoms with Crippen LogP contribution in [0.5, 0.6) is 5.75 Å². The highest BCUT2D eigenvalue weighted by molar-refractivity contribution is 5.87. The lowest BCUT2D eigenvalue weighted by Gasteiger charge is -2.23. The van der Waals surface area contributed by atoms with Gasteiger partial charge in [-0.15, -0.1) is 0 Å². The number of nitrogens with zero attached hydrogens (tertiary/aromatic N) is 3. The molecule has 0 radical (unpaired) electrons. The predicted molar refractivity (Wildman–Crippen MR) is 127 cm³/mol. The molecule has 0 aliphatic carbocycles. The highest BCUT2D eigenvalue weighted by Crippen LogP contribution is 2.29. The molecule has 1 aromatic carbocycles. The molecule has 2 saturated heterocycles. The molecular formula is C25H31N5O3. The number of aromatic nitrogens is 3. The van der Waals surface area contributed by atoms with Crippen molar-refractivity contribution in [3.8, 4) is 5.75 Å². The van der Waals surface area contributed by atoms with Gasteiger partial charge in [0.2, 0.25) is 0 Å². The number of para-hydroxylation sites is 1. The van der Waals surface area contributed by atoms with Crippen LogP contribution < -0.4 is 10.1 Å². The Balaban J connectivity index is 1.20. The topological polar surface area (TPSA) is 92.4 Å². The standard InChI is InChI=1S/C25H31N5O3/c1-16-4-3-5-17(2)23(16)33-15-22(31)30-11-8-18(14-30)21-7-6-20-24(28-29-25(20)27-21)26-19-9-12-32-13-10-19/h3-7,18-19H,8-15H2,1-2H3,(H2,26,27,28,29)/t18-/m0/s1. The molecule has 2 N–H and O–H groups in total. The van der Waals surface area contributed by atoms with E-state index in [-0.39, 0.29) is 18.4 Å². The van der Waals surface area contributed by atoms with Crippen molar-refractivity contribution in [1.29, 1.82) is 0 Å². The minimum absolute atomic E-state index is 0.0192. The maximum atomic E-state index is 12.8. The van der Waals surface area contributed by atoms with Gasteiger partial charge in [-0.25, -0.2) is 4.98 Å². The largest absolute Gasteiger partial charge is 0.483 e. The smallest absolute Gasteiger partial charge is 0.260 e. The molecule has 1 atom stereocenters. The first-order valence-corrected chi connectivity index (χ1v) is 11.7. The second kappa shape index (κ2) is 9.39. The number of fused-ring (bicyclic) bond motifs is 1. The number of aryl methyl sites for hydroxylation is 2. The van der Waals surface area contributed by atoms with Gasteiger partial charge in [-0.1, -0.05) is 18.2 Å². The molecule has 0 saturated carbocycles. The molecule has 0 bridgehead atoms. The number of nitrogens with one attached hydrogen (secondary N) is 2. The number of hydrogen-bond acceptors (Lipinski definition) is 6. The Bertz CT molecular complexity index is 1120. The molecule has 2 aromatic heterocycles. The Morgan fingerprint density at radius 2 is 1.97 bits per heavy atom. The number of benzene rings is 1. The summed E-state index contributed by atoms with van der Waals surface area (Å²) in [7, 11) is 0. The lowest BCUT2D eigenvalue weighted by Crippen LogP contribution is -2.33. The van der Waals surface area contributed by atoms with E-state index in [1.807, 2.05) is 36.9 Å². The van der Waals surface area contributed by atoms with Crippen LogP contribution in [-0.4, -0.2) is 64.9 Å². The lowest BCUT2D eigenvalue weighted by atomic mass is 10.0. The van der Waals surface area contributed by atoms with Crippen molar-refractivity contribution in [2.75, 3.05) is 38.2 Å². The average molecular weight is 450 g/mol. The van der Waals surface area contributed by atoms with Crippen molar-refractivity contribution >= 4 is 22.8 Å². The van der Waals surface area contributed by atoms with Crippen molar-refractivity contribution in [1.82, 2.24) is 20.1 Å². The molecule has 1 amide bonds. The Kier molecular flexibility index (Phi) is 6.17. The minimum Gasteiger partial charge on any atom is -0.483 e. The normalized spacial score (nSPS) is 19.2. The Morgan fingerprint density at radius 1 is 1.18 bits per heavy atom. The Hall–Kier alpha value is -3.13. The van der Waals surface area contributed by atoms with Gasteiger partial charge in [-0.05, 0) is 56.4 Å². The van der Waals surface area contributed by atoms with Gasteiger partial charge in [0.25, 0.3) is 5.91 Å². The van der Waals surface area contributed by atoms with Crippen molar-refractivity contribution in [2.45, 2.75) is 45.1 Å². The zero-order valence-corrected chi connectivity index (χ0v) is 19.3. The monoisotopic (exact) mass is 449 g/mol. The first-order chi connectivity index (χ1) is 16.1. The van der Waals surface area contributed by atoms with E-state index in [9.17, 15) is 4.79 Å². The number of hydrogen-bond donors (Lipinski definition) is 2. The molecule has 8 heteroatoms. The van der Waals surface area contributed by atoms with E-state index in [0.29, 0.717) is 12.6 Å². The number of aromatic amines is 1. The Morgan fingerprint density at radius 3 is 2.76 bits per heavy atom. The van der Waals surface area contributed by atoms with Gasteiger partial charge in [0.05, 0.1) is 5.39 Å². The van der Waals surface area contributed by atoms with Crippen molar-refractivity contribution in [3.63, 3.8) is 0 Å². The summed E-state index contributed by atoms with van der Waals surface area (Å²) in [6, 6.07) is 10.5. The number of amides is 1. The van der Waals surface area contributed by atoms with Crippen molar-refractivity contribution in [3.05, 3.63) is 47.2 Å². The van der Waals surface area contributed by atoms with E-state index < -0.39 is 0 Å². The van der Waals surface area contributed by atoms with Crippen LogP contribution in [0.3, 0.4) is 0 Å².